The van der Waals surface area contributed by atoms with Crippen molar-refractivity contribution < 1.29 is 18.3 Å². The number of thiophene rings is 1. The van der Waals surface area contributed by atoms with E-state index in [2.05, 4.69) is 4.72 Å². The topological polar surface area (TPSA) is 83.5 Å². The van der Waals surface area contributed by atoms with Crippen LogP contribution in [0.3, 0.4) is 0 Å². The van der Waals surface area contributed by atoms with Crippen LogP contribution in [0.1, 0.15) is 10.4 Å². The van der Waals surface area contributed by atoms with Crippen molar-refractivity contribution in [3.05, 3.63) is 43.8 Å². The van der Waals surface area contributed by atoms with E-state index >= 15 is 0 Å². The van der Waals surface area contributed by atoms with E-state index in [0.29, 0.717) is 7.91 Å². The first-order valence-corrected chi connectivity index (χ1v) is 8.86. The third-order valence-electron chi connectivity index (χ3n) is 2.27. The fraction of sp³-hybridized carbons (Fsp3) is 0. The van der Waals surface area contributed by atoms with Crippen LogP contribution in [0.2, 0.25) is 4.34 Å². The van der Waals surface area contributed by atoms with E-state index in [4.69, 9.17) is 16.7 Å². The Morgan fingerprint density at radius 2 is 2.00 bits per heavy atom. The lowest BCUT2D eigenvalue weighted by atomic mass is 10.2. The molecule has 2 rings (SSSR count). The highest BCUT2D eigenvalue weighted by molar-refractivity contribution is 14.1. The maximum atomic E-state index is 12.1. The third kappa shape index (κ3) is 3.43. The molecule has 1 heterocycles. The van der Waals surface area contributed by atoms with Crippen molar-refractivity contribution in [1.82, 2.24) is 0 Å². The highest BCUT2D eigenvalue weighted by Crippen LogP contribution is 2.28. The molecule has 0 fully saturated rings. The Hall–Kier alpha value is -0.840. The van der Waals surface area contributed by atoms with Gasteiger partial charge in [0.25, 0.3) is 10.0 Å². The average Bonchev–Trinajstić information content (AvgIpc) is 2.78. The molecule has 0 bridgehead atoms. The van der Waals surface area contributed by atoms with Crippen LogP contribution in [-0.4, -0.2) is 19.5 Å². The molecule has 0 amide bonds. The highest BCUT2D eigenvalue weighted by atomic mass is 127. The summed E-state index contributed by atoms with van der Waals surface area (Å²) in [7, 11) is -3.84. The number of carbonyl (C=O) groups is 1. The Morgan fingerprint density at radius 3 is 2.55 bits per heavy atom. The molecule has 0 atom stereocenters. The van der Waals surface area contributed by atoms with Crippen molar-refractivity contribution in [2.24, 2.45) is 0 Å². The first kappa shape index (κ1) is 15.5. The van der Waals surface area contributed by atoms with Gasteiger partial charge in [0.05, 0.1) is 15.6 Å². The number of nitrogens with one attached hydrogen (secondary N) is 1. The molecule has 5 nitrogen and oxygen atoms in total. The van der Waals surface area contributed by atoms with E-state index in [1.54, 1.807) is 6.07 Å². The summed E-state index contributed by atoms with van der Waals surface area (Å²) in [6.45, 7) is 0. The van der Waals surface area contributed by atoms with Crippen LogP contribution < -0.4 is 4.72 Å². The van der Waals surface area contributed by atoms with Gasteiger partial charge in [0.1, 0.15) is 4.21 Å². The number of carboxylic acid groups (broad SMARTS) is 1. The number of aromatic carboxylic acids is 1. The molecule has 106 valence electrons. The van der Waals surface area contributed by atoms with Gasteiger partial charge in [-0.2, -0.15) is 0 Å². The van der Waals surface area contributed by atoms with Crippen molar-refractivity contribution in [3.63, 3.8) is 0 Å². The number of benzene rings is 1. The first-order chi connectivity index (χ1) is 9.29. The summed E-state index contributed by atoms with van der Waals surface area (Å²) in [5, 5.41) is 9.10. The highest BCUT2D eigenvalue weighted by Gasteiger charge is 2.20. The van der Waals surface area contributed by atoms with E-state index < -0.39 is 16.0 Å². The number of anilines is 1. The predicted octanol–water partition coefficient (Wildman–Crippen LogP) is 3.51. The molecule has 1 aromatic carbocycles. The fourth-order valence-electron chi connectivity index (χ4n) is 1.42. The molecular weight excluding hydrogens is 437 g/mol. The van der Waals surface area contributed by atoms with Gasteiger partial charge in [-0.3, -0.25) is 4.72 Å². The molecular formula is C11H7ClINO4S2. The van der Waals surface area contributed by atoms with Gasteiger partial charge in [0, 0.05) is 3.57 Å². The minimum absolute atomic E-state index is 0.0161. The number of hydrogen-bond donors (Lipinski definition) is 2. The normalized spacial score (nSPS) is 11.3. The van der Waals surface area contributed by atoms with E-state index in [9.17, 15) is 13.2 Å². The molecule has 0 saturated carbocycles. The second-order valence-corrected chi connectivity index (χ2v) is 8.53. The summed E-state index contributed by atoms with van der Waals surface area (Å²) in [5.41, 5.74) is -0.0921. The van der Waals surface area contributed by atoms with Crippen LogP contribution in [0.4, 0.5) is 5.69 Å². The fourth-order valence-corrected chi connectivity index (χ4v) is 4.47. The van der Waals surface area contributed by atoms with Crippen molar-refractivity contribution in [2.75, 3.05) is 4.72 Å². The minimum atomic E-state index is -3.84. The second kappa shape index (κ2) is 5.88. The summed E-state index contributed by atoms with van der Waals surface area (Å²) in [5.74, 6) is -1.20. The summed E-state index contributed by atoms with van der Waals surface area (Å²) < 4.78 is 27.6. The third-order valence-corrected chi connectivity index (χ3v) is 6.03. The molecule has 1 aromatic heterocycles. The van der Waals surface area contributed by atoms with Crippen LogP contribution >= 0.6 is 45.5 Å². The Labute approximate surface area is 137 Å². The second-order valence-electron chi connectivity index (χ2n) is 3.66. The molecule has 0 saturated heterocycles. The Morgan fingerprint density at radius 1 is 1.30 bits per heavy atom. The molecule has 20 heavy (non-hydrogen) atoms. The Balaban J connectivity index is 2.42. The van der Waals surface area contributed by atoms with Crippen molar-refractivity contribution >= 4 is 67.2 Å². The number of carboxylic acids is 1. The SMILES string of the molecule is O=C(O)c1cc(I)ccc1NS(=O)(=O)c1ccc(Cl)s1. The molecule has 2 N–H and O–H groups in total. The molecule has 0 radical (unpaired) electrons. The monoisotopic (exact) mass is 443 g/mol. The van der Waals surface area contributed by atoms with Crippen LogP contribution in [0.15, 0.2) is 34.5 Å². The van der Waals surface area contributed by atoms with Crippen LogP contribution in [0.5, 0.6) is 0 Å². The summed E-state index contributed by atoms with van der Waals surface area (Å²) in [6, 6.07) is 7.25. The van der Waals surface area contributed by atoms with E-state index in [1.165, 1.54) is 24.3 Å². The van der Waals surface area contributed by atoms with Gasteiger partial charge in [0.15, 0.2) is 0 Å². The molecule has 0 aliphatic heterocycles. The van der Waals surface area contributed by atoms with Gasteiger partial charge in [-0.25, -0.2) is 13.2 Å². The summed E-state index contributed by atoms with van der Waals surface area (Å²) in [4.78, 5) is 11.1. The average molecular weight is 444 g/mol. The summed E-state index contributed by atoms with van der Waals surface area (Å²) >= 11 is 8.55. The summed E-state index contributed by atoms with van der Waals surface area (Å²) in [6.07, 6.45) is 0. The molecule has 0 aliphatic carbocycles. The van der Waals surface area contributed by atoms with E-state index in [-0.39, 0.29) is 15.5 Å². The van der Waals surface area contributed by atoms with Gasteiger partial charge in [-0.1, -0.05) is 11.6 Å². The standard InChI is InChI=1S/C11H7ClINO4S2/c12-9-3-4-10(19-9)20(17,18)14-8-2-1-6(13)5-7(8)11(15)16/h1-5,14H,(H,15,16). The predicted molar refractivity (Wildman–Crippen MR) is 86.3 cm³/mol. The number of hydrogen-bond acceptors (Lipinski definition) is 4. The zero-order valence-corrected chi connectivity index (χ0v) is 14.2. The maximum Gasteiger partial charge on any atom is 0.337 e. The van der Waals surface area contributed by atoms with Crippen molar-refractivity contribution in [3.8, 4) is 0 Å². The van der Waals surface area contributed by atoms with Gasteiger partial charge >= 0.3 is 5.97 Å². The lowest BCUT2D eigenvalue weighted by Gasteiger charge is -2.09. The van der Waals surface area contributed by atoms with Crippen LogP contribution in [0, 0.1) is 3.57 Å². The van der Waals surface area contributed by atoms with Gasteiger partial charge in [-0.15, -0.1) is 11.3 Å². The first-order valence-electron chi connectivity index (χ1n) is 5.10. The Bertz CT molecular complexity index is 772. The van der Waals surface area contributed by atoms with E-state index in [0.717, 1.165) is 11.3 Å². The van der Waals surface area contributed by atoms with Crippen LogP contribution in [-0.2, 0) is 10.0 Å². The quantitative estimate of drug-likeness (QED) is 0.709. The number of sulfonamides is 1. The van der Waals surface area contributed by atoms with Gasteiger partial charge in [0.2, 0.25) is 0 Å². The zero-order chi connectivity index (χ0) is 14.9. The smallest absolute Gasteiger partial charge is 0.337 e. The lowest BCUT2D eigenvalue weighted by molar-refractivity contribution is 0.0698. The van der Waals surface area contributed by atoms with E-state index in [1.807, 2.05) is 22.6 Å². The molecule has 9 heteroatoms. The molecule has 0 spiro atoms. The number of rotatable bonds is 4. The van der Waals surface area contributed by atoms with Crippen LogP contribution in [0.25, 0.3) is 0 Å². The van der Waals surface area contributed by atoms with Crippen molar-refractivity contribution in [1.29, 1.82) is 0 Å². The number of halogens is 2. The molecule has 2 aromatic rings. The van der Waals surface area contributed by atoms with Gasteiger partial charge in [-0.05, 0) is 52.9 Å². The molecule has 0 aliphatic rings. The lowest BCUT2D eigenvalue weighted by Crippen LogP contribution is -2.14. The molecule has 0 unspecified atom stereocenters. The van der Waals surface area contributed by atoms with Gasteiger partial charge < -0.3 is 5.11 Å². The maximum absolute atomic E-state index is 12.1. The largest absolute Gasteiger partial charge is 0.478 e. The zero-order valence-electron chi connectivity index (χ0n) is 9.63. The van der Waals surface area contributed by atoms with Crippen molar-refractivity contribution in [2.45, 2.75) is 4.21 Å². The minimum Gasteiger partial charge on any atom is -0.478 e. The Kier molecular flexibility index (Phi) is 4.57.